The fourth-order valence-electron chi connectivity index (χ4n) is 1.97. The normalized spacial score (nSPS) is 13.0. The van der Waals surface area contributed by atoms with E-state index in [-0.39, 0.29) is 30.3 Å². The minimum atomic E-state index is -0.360. The number of benzene rings is 1. The molecule has 0 saturated heterocycles. The van der Waals surface area contributed by atoms with E-state index in [1.165, 1.54) is 0 Å². The van der Waals surface area contributed by atoms with Crippen LogP contribution in [0.5, 0.6) is 5.75 Å². The van der Waals surface area contributed by atoms with Crippen LogP contribution in [-0.4, -0.2) is 28.5 Å². The van der Waals surface area contributed by atoms with Gasteiger partial charge in [0, 0.05) is 17.6 Å². The minimum absolute atomic E-state index is 0.0521. The molecule has 0 aliphatic carbocycles. The Labute approximate surface area is 102 Å². The predicted molar refractivity (Wildman–Crippen MR) is 67.6 cm³/mol. The molecule has 1 unspecified atom stereocenters. The van der Waals surface area contributed by atoms with E-state index in [1.807, 2.05) is 37.8 Å². The highest BCUT2D eigenvalue weighted by atomic mass is 16.3. The van der Waals surface area contributed by atoms with Crippen LogP contribution in [0.4, 0.5) is 0 Å². The summed E-state index contributed by atoms with van der Waals surface area (Å²) in [6, 6.07) is 7.28. The molecule has 1 atom stereocenters. The summed E-state index contributed by atoms with van der Waals surface area (Å²) in [6.07, 6.45) is 0. The Balaban J connectivity index is 2.95. The van der Waals surface area contributed by atoms with Gasteiger partial charge >= 0.3 is 0 Å². The lowest BCUT2D eigenvalue weighted by Crippen LogP contribution is -2.40. The van der Waals surface area contributed by atoms with Crippen molar-refractivity contribution in [1.82, 2.24) is 4.90 Å². The van der Waals surface area contributed by atoms with Crippen molar-refractivity contribution in [2.45, 2.75) is 32.9 Å². The van der Waals surface area contributed by atoms with E-state index in [9.17, 15) is 9.90 Å². The predicted octanol–water partition coefficient (Wildman–Crippen LogP) is 1.65. The number of para-hydroxylation sites is 1. The number of nitrogens with zero attached hydrogens (tertiary/aromatic N) is 1. The number of carbonyl (C=O) groups is 1. The molecule has 1 aromatic rings. The first kappa shape index (κ1) is 13.5. The Bertz CT molecular complexity index is 391. The molecule has 4 heteroatoms. The third-order valence-electron chi connectivity index (χ3n) is 2.89. The van der Waals surface area contributed by atoms with E-state index >= 15 is 0 Å². The summed E-state index contributed by atoms with van der Waals surface area (Å²) < 4.78 is 0. The molecule has 0 aromatic heterocycles. The van der Waals surface area contributed by atoms with Gasteiger partial charge < -0.3 is 10.8 Å². The SMILES string of the molecule is CC(C)N(CC(N)=O)C(C)c1ccccc1O. The average Bonchev–Trinajstić information content (AvgIpc) is 2.25. The fourth-order valence-corrected chi connectivity index (χ4v) is 1.97. The number of phenolic OH excluding ortho intramolecular Hbond substituents is 1. The van der Waals surface area contributed by atoms with Crippen molar-refractivity contribution >= 4 is 5.91 Å². The van der Waals surface area contributed by atoms with Gasteiger partial charge in [0.1, 0.15) is 5.75 Å². The summed E-state index contributed by atoms with van der Waals surface area (Å²) in [5, 5.41) is 9.80. The Morgan fingerprint density at radius 1 is 1.35 bits per heavy atom. The van der Waals surface area contributed by atoms with Gasteiger partial charge in [0.05, 0.1) is 6.54 Å². The fraction of sp³-hybridized carbons (Fsp3) is 0.462. The number of hydrogen-bond donors (Lipinski definition) is 2. The largest absolute Gasteiger partial charge is 0.508 e. The highest BCUT2D eigenvalue weighted by molar-refractivity contribution is 5.76. The van der Waals surface area contributed by atoms with E-state index in [2.05, 4.69) is 0 Å². The summed E-state index contributed by atoms with van der Waals surface area (Å²) in [5.74, 6) is -0.115. The molecule has 1 aromatic carbocycles. The number of phenols is 1. The molecule has 1 rings (SSSR count). The first-order valence-corrected chi connectivity index (χ1v) is 5.75. The zero-order valence-electron chi connectivity index (χ0n) is 10.6. The summed E-state index contributed by atoms with van der Waals surface area (Å²) in [7, 11) is 0. The van der Waals surface area contributed by atoms with Crippen molar-refractivity contribution in [1.29, 1.82) is 0 Å². The standard InChI is InChI=1S/C13H20N2O2/c1-9(2)15(8-13(14)17)10(3)11-6-4-5-7-12(11)16/h4-7,9-10,16H,8H2,1-3H3,(H2,14,17). The molecule has 17 heavy (non-hydrogen) atoms. The highest BCUT2D eigenvalue weighted by Gasteiger charge is 2.22. The zero-order valence-corrected chi connectivity index (χ0v) is 10.6. The Morgan fingerprint density at radius 3 is 2.41 bits per heavy atom. The van der Waals surface area contributed by atoms with Crippen molar-refractivity contribution in [2.75, 3.05) is 6.54 Å². The van der Waals surface area contributed by atoms with Crippen molar-refractivity contribution in [3.8, 4) is 5.75 Å². The highest BCUT2D eigenvalue weighted by Crippen LogP contribution is 2.28. The third kappa shape index (κ3) is 3.46. The molecule has 4 nitrogen and oxygen atoms in total. The monoisotopic (exact) mass is 236 g/mol. The number of amides is 1. The minimum Gasteiger partial charge on any atom is -0.508 e. The van der Waals surface area contributed by atoms with Crippen LogP contribution in [0.15, 0.2) is 24.3 Å². The van der Waals surface area contributed by atoms with Crippen LogP contribution in [0.2, 0.25) is 0 Å². The maximum atomic E-state index is 11.1. The summed E-state index contributed by atoms with van der Waals surface area (Å²) in [5.41, 5.74) is 6.05. The maximum Gasteiger partial charge on any atom is 0.231 e. The first-order valence-electron chi connectivity index (χ1n) is 5.75. The van der Waals surface area contributed by atoms with Crippen LogP contribution >= 0.6 is 0 Å². The van der Waals surface area contributed by atoms with E-state index in [4.69, 9.17) is 5.73 Å². The number of nitrogens with two attached hydrogens (primary N) is 1. The van der Waals surface area contributed by atoms with Crippen LogP contribution in [0.25, 0.3) is 0 Å². The lowest BCUT2D eigenvalue weighted by atomic mass is 10.0. The first-order chi connectivity index (χ1) is 7.93. The lowest BCUT2D eigenvalue weighted by molar-refractivity contribution is -0.120. The van der Waals surface area contributed by atoms with Crippen molar-refractivity contribution in [3.63, 3.8) is 0 Å². The topological polar surface area (TPSA) is 66.6 Å². The number of primary amides is 1. The number of hydrogen-bond acceptors (Lipinski definition) is 3. The van der Waals surface area contributed by atoms with E-state index in [1.54, 1.807) is 12.1 Å². The Morgan fingerprint density at radius 2 is 1.94 bits per heavy atom. The van der Waals surface area contributed by atoms with Crippen LogP contribution in [0, 0.1) is 0 Å². The molecular formula is C13H20N2O2. The van der Waals surface area contributed by atoms with Gasteiger partial charge in [-0.25, -0.2) is 0 Å². The second-order valence-corrected chi connectivity index (χ2v) is 4.47. The summed E-state index contributed by atoms with van der Waals surface area (Å²) in [4.78, 5) is 13.0. The average molecular weight is 236 g/mol. The van der Waals surface area contributed by atoms with Crippen molar-refractivity contribution in [2.24, 2.45) is 5.73 Å². The van der Waals surface area contributed by atoms with E-state index in [0.29, 0.717) is 0 Å². The van der Waals surface area contributed by atoms with Gasteiger partial charge in [-0.15, -0.1) is 0 Å². The summed E-state index contributed by atoms with van der Waals surface area (Å²) >= 11 is 0. The molecule has 0 heterocycles. The van der Waals surface area contributed by atoms with Crippen LogP contribution in [-0.2, 0) is 4.79 Å². The number of carbonyl (C=O) groups excluding carboxylic acids is 1. The van der Waals surface area contributed by atoms with Gasteiger partial charge in [0.25, 0.3) is 0 Å². The molecule has 0 radical (unpaired) electrons. The van der Waals surface area contributed by atoms with E-state index < -0.39 is 0 Å². The third-order valence-corrected chi connectivity index (χ3v) is 2.89. The number of aromatic hydroxyl groups is 1. The van der Waals surface area contributed by atoms with E-state index in [0.717, 1.165) is 5.56 Å². The van der Waals surface area contributed by atoms with Gasteiger partial charge in [0.15, 0.2) is 0 Å². The van der Waals surface area contributed by atoms with Crippen LogP contribution < -0.4 is 5.73 Å². The molecule has 1 amide bonds. The molecule has 3 N–H and O–H groups in total. The van der Waals surface area contributed by atoms with Gasteiger partial charge in [-0.05, 0) is 26.8 Å². The summed E-state index contributed by atoms with van der Waals surface area (Å²) in [6.45, 7) is 6.14. The Hall–Kier alpha value is -1.55. The molecule has 0 spiro atoms. The lowest BCUT2D eigenvalue weighted by Gasteiger charge is -2.32. The Kier molecular flexibility index (Phi) is 4.52. The van der Waals surface area contributed by atoms with Gasteiger partial charge in [-0.3, -0.25) is 9.69 Å². The quantitative estimate of drug-likeness (QED) is 0.817. The molecule has 94 valence electrons. The molecule has 0 saturated carbocycles. The molecule has 0 aliphatic heterocycles. The van der Waals surface area contributed by atoms with Gasteiger partial charge in [-0.1, -0.05) is 18.2 Å². The van der Waals surface area contributed by atoms with Gasteiger partial charge in [0.2, 0.25) is 5.91 Å². The zero-order chi connectivity index (χ0) is 13.0. The van der Waals surface area contributed by atoms with Gasteiger partial charge in [-0.2, -0.15) is 0 Å². The maximum absolute atomic E-state index is 11.1. The molecular weight excluding hydrogens is 216 g/mol. The smallest absolute Gasteiger partial charge is 0.231 e. The van der Waals surface area contributed by atoms with Crippen LogP contribution in [0.1, 0.15) is 32.4 Å². The number of rotatable bonds is 5. The van der Waals surface area contributed by atoms with Crippen molar-refractivity contribution in [3.05, 3.63) is 29.8 Å². The van der Waals surface area contributed by atoms with Crippen LogP contribution in [0.3, 0.4) is 0 Å². The molecule has 0 aliphatic rings. The molecule has 0 bridgehead atoms. The second kappa shape index (κ2) is 5.68. The van der Waals surface area contributed by atoms with Crippen molar-refractivity contribution < 1.29 is 9.90 Å². The molecule has 0 fully saturated rings. The second-order valence-electron chi connectivity index (χ2n) is 4.47.